The molecule has 0 bridgehead atoms. The first-order valence-electron chi connectivity index (χ1n) is 31.8. The van der Waals surface area contributed by atoms with Crippen molar-refractivity contribution in [1.29, 1.82) is 0 Å². The molecule has 0 aliphatic rings. The zero-order chi connectivity index (χ0) is 75.7. The molecule has 0 aliphatic carbocycles. The minimum absolute atomic E-state index is 0. The molecule has 0 saturated heterocycles. The molecule has 0 radical (unpaired) electrons. The maximum Gasteiger partial charge on any atom is 1.00 e. The number of carbonyl (C=O) groups is 1. The van der Waals surface area contributed by atoms with Crippen molar-refractivity contribution in [2.75, 3.05) is 22.9 Å². The van der Waals surface area contributed by atoms with Crippen LogP contribution in [0.2, 0.25) is 6.82 Å². The van der Waals surface area contributed by atoms with Crippen LogP contribution >= 0.6 is 55.1 Å². The average molecular weight is 1720 g/mol. The van der Waals surface area contributed by atoms with Gasteiger partial charge in [-0.3, -0.25) is 4.79 Å². The Morgan fingerprint density at radius 2 is 0.800 bits per heavy atom. The fourth-order valence-corrected chi connectivity index (χ4v) is 10.4. The predicted molar refractivity (Wildman–Crippen MR) is 417 cm³/mol. The molecule has 40 heteroatoms. The summed E-state index contributed by atoms with van der Waals surface area (Å²) in [5.74, 6) is 5.38. The van der Waals surface area contributed by atoms with Crippen molar-refractivity contribution >= 4 is 115 Å². The number of oxazole rings is 4. The van der Waals surface area contributed by atoms with Gasteiger partial charge in [0.1, 0.15) is 50.5 Å². The number of anilines is 4. The van der Waals surface area contributed by atoms with Crippen molar-refractivity contribution in [2.45, 2.75) is 87.3 Å². The van der Waals surface area contributed by atoms with Gasteiger partial charge < -0.3 is 62.2 Å². The number of benzene rings is 4. The summed E-state index contributed by atoms with van der Waals surface area (Å²) in [5, 5.41) is 41.7. The molecular weight excluding hydrogens is 1640 g/mol. The van der Waals surface area contributed by atoms with Crippen molar-refractivity contribution in [1.82, 2.24) is 98.3 Å². The van der Waals surface area contributed by atoms with Gasteiger partial charge in [0, 0.05) is 27.1 Å². The van der Waals surface area contributed by atoms with Crippen LogP contribution in [0.15, 0.2) is 204 Å². The topological polar surface area (TPSA) is 470 Å². The van der Waals surface area contributed by atoms with Gasteiger partial charge in [0.05, 0.1) is 36.7 Å². The molecule has 4 aromatic carbocycles. The van der Waals surface area contributed by atoms with Crippen molar-refractivity contribution in [3.63, 3.8) is 0 Å². The van der Waals surface area contributed by atoms with E-state index in [1.165, 1.54) is 31.9 Å². The van der Waals surface area contributed by atoms with E-state index in [9.17, 15) is 0 Å². The normalized spacial score (nSPS) is 10.2. The Morgan fingerprint density at radius 3 is 1.12 bits per heavy atom. The second kappa shape index (κ2) is 46.9. The Balaban J connectivity index is 0.000000358. The summed E-state index contributed by atoms with van der Waals surface area (Å²) in [6.45, 7) is 6.98. The van der Waals surface area contributed by atoms with E-state index < -0.39 is 7.12 Å². The molecule has 0 fully saturated rings. The van der Waals surface area contributed by atoms with E-state index >= 15 is 0 Å². The Hall–Kier alpha value is -8.65. The largest absolute Gasteiger partial charge is 1.00 e. The zero-order valence-corrected chi connectivity index (χ0v) is 69.0. The molecule has 0 amide bonds. The number of aryl methyl sites for hydroxylation is 1. The first kappa shape index (κ1) is 92.0. The Bertz CT molecular complexity index is 4980. The van der Waals surface area contributed by atoms with Gasteiger partial charge in [-0.25, -0.2) is 77.9 Å². The zero-order valence-electron chi connectivity index (χ0n) is 60.0. The second-order valence-corrected chi connectivity index (χ2v) is 24.2. The van der Waals surface area contributed by atoms with E-state index in [0.29, 0.717) is 146 Å². The van der Waals surface area contributed by atoms with Gasteiger partial charge in [-0.05, 0) is 74.8 Å². The molecule has 0 unspecified atom stereocenters. The van der Waals surface area contributed by atoms with E-state index in [-0.39, 0.29) is 149 Å². The molecule has 12 aromatic heterocycles. The number of halogens is 4. The monoisotopic (exact) mass is 1720 g/mol. The molecule has 0 atom stereocenters. The summed E-state index contributed by atoms with van der Waals surface area (Å²) in [4.78, 5) is 62.6. The first-order chi connectivity index (χ1) is 51.2. The average Bonchev–Trinajstić information content (AvgIpc) is 1.64. The summed E-state index contributed by atoms with van der Waals surface area (Å²) in [7, 11) is -1.17. The van der Waals surface area contributed by atoms with Crippen LogP contribution in [0.3, 0.4) is 0 Å². The van der Waals surface area contributed by atoms with Crippen LogP contribution in [0.25, 0.3) is 68.9 Å². The van der Waals surface area contributed by atoms with E-state index in [1.807, 2.05) is 128 Å². The summed E-state index contributed by atoms with van der Waals surface area (Å²) in [6, 6.07) is 40.1. The third kappa shape index (κ3) is 26.0. The molecule has 12 heterocycles. The van der Waals surface area contributed by atoms with Gasteiger partial charge in [-0.15, -0.1) is 33.4 Å². The third-order valence-electron chi connectivity index (χ3n) is 13.6. The Kier molecular flexibility index (Phi) is 39.2. The van der Waals surface area contributed by atoms with Gasteiger partial charge in [0.25, 0.3) is 6.47 Å². The Morgan fingerprint density at radius 1 is 0.527 bits per heavy atom. The fraction of sp³-hybridized carbons (Fsp3) is 0.186. The summed E-state index contributed by atoms with van der Waals surface area (Å²) < 4.78 is 35.0. The molecule has 0 spiro atoms. The van der Waals surface area contributed by atoms with Gasteiger partial charge in [-0.2, -0.15) is 10.2 Å². The Labute approximate surface area is 746 Å². The maximum atomic E-state index is 8.64. The van der Waals surface area contributed by atoms with E-state index in [1.54, 1.807) is 62.9 Å². The van der Waals surface area contributed by atoms with Gasteiger partial charge in [0.15, 0.2) is 80.5 Å². The van der Waals surface area contributed by atoms with E-state index in [2.05, 4.69) is 117 Å². The fourth-order valence-electron chi connectivity index (χ4n) is 9.37. The predicted octanol–water partition coefficient (Wildman–Crippen LogP) is 6.03. The number of alkyl halides is 2. The van der Waals surface area contributed by atoms with Crippen molar-refractivity contribution in [3.8, 4) is 46.3 Å². The van der Waals surface area contributed by atoms with E-state index in [0.717, 1.165) is 27.9 Å². The van der Waals surface area contributed by atoms with Gasteiger partial charge in [-0.1, -0.05) is 157 Å². The van der Waals surface area contributed by atoms with Crippen LogP contribution in [0.1, 0.15) is 97.1 Å². The van der Waals surface area contributed by atoms with Gasteiger partial charge in [0.2, 0.25) is 23.6 Å². The third-order valence-corrected chi connectivity index (χ3v) is 15.0. The molecular formula is C70H77BBr2Cl2K2N24O9. The number of fused-ring (bicyclic) bond motifs is 4. The number of rotatable bonds is 13. The van der Waals surface area contributed by atoms with Crippen molar-refractivity contribution < 1.29 is 148 Å². The second-order valence-electron chi connectivity index (χ2n) is 21.1. The van der Waals surface area contributed by atoms with Crippen LogP contribution in [-0.2, 0) is 35.4 Å². The van der Waals surface area contributed by atoms with Crippen LogP contribution in [0.5, 0.6) is 0 Å². The smallest absolute Gasteiger partial charge is 1.00 e. The summed E-state index contributed by atoms with van der Waals surface area (Å²) in [5.41, 5.74) is 33.5. The van der Waals surface area contributed by atoms with Crippen LogP contribution in [0, 0.1) is 6.92 Å². The molecule has 0 saturated carbocycles. The SMILES string of the molecule is C.C.C.CB(O)O.CC(Cl)Cl.Cc1c(-c2ncco2)nc(N)c2nc(Cc3ccccc3)nn12.Nc1nc(-c2ncco2)c(Br)n2nc(Cc3ccccc3)nc12.Nc1nc(-c2ncco2)c(Br)n2nc(Cc3ccccc3)nc12.Nc1nc(-c2ncco2)cn2nc(Cc3ccccc3)nc12.O=CO[O-].[2H]CC.[H-].[K+].[K+]. The minimum Gasteiger partial charge on any atom is -1.00 e. The number of nitrogen functional groups attached to an aromatic ring is 4. The molecule has 16 rings (SSSR count). The number of nitrogens with zero attached hydrogens (tertiary/aromatic N) is 20. The number of hydrogen-bond acceptors (Lipinski definition) is 29. The van der Waals surface area contributed by atoms with Crippen LogP contribution in [-0.4, -0.2) is 127 Å². The van der Waals surface area contributed by atoms with Gasteiger partial charge >= 0.3 is 110 Å². The number of carbonyl (C=O) groups excluding carboxylic acids is 1. The summed E-state index contributed by atoms with van der Waals surface area (Å²) in [6.07, 6.45) is 16.4. The molecule has 110 heavy (non-hydrogen) atoms. The molecule has 0 aliphatic heterocycles. The number of aromatic nitrogens is 20. The molecule has 33 nitrogen and oxygen atoms in total. The molecule has 10 N–H and O–H groups in total. The van der Waals surface area contributed by atoms with Crippen molar-refractivity contribution in [3.05, 3.63) is 238 Å². The minimum atomic E-state index is -1.17. The number of nitrogens with two attached hydrogens (primary N) is 4. The quantitative estimate of drug-likeness (QED) is 0.0252. The maximum absolute atomic E-state index is 8.64. The molecule has 16 aromatic rings. The molecule has 564 valence electrons. The number of hydrogen-bond donors (Lipinski definition) is 6. The standard InChI is InChI=1S/C16H14N6O.2C15H11BrN6O.C15H12N6O.C2H4Cl2.C2H6.CH5BO2.CH2O3.3CH4.2K.H/c1-10-13(16-18-7-8-23-16)20-14(17)15-19-12(21-22(10)15)9-11-5-3-2-4-6-11;2*16-12-11(15-18-6-7-23-15)20-13(17)14-19-10(21-22(12)14)8-9-4-2-1-3-5-9;16-13-14-19-12(8-10-4-2-1-3-5-10)20-21(14)9-11(18-13)15-17-6-7-22-15;1-2(3)4;1-2;1-2(3)4;2-1-4-3;;;;;;/h2-8H,9H2,1H3,(H2,17,20);2*1-7H,8H2,(H2,17,20);1-7,9H,8H2,(H2,16,18);2H,1H3;1-2H3;3-4H,1H3;1,3H;3*1H4;;;/q;;;;;;;;;;;2*+1;-1/p-1/i;;;;;1D;;;;;;;;. The van der Waals surface area contributed by atoms with E-state index in [4.69, 9.17) is 85.3 Å². The van der Waals surface area contributed by atoms with Crippen LogP contribution < -0.4 is 131 Å². The van der Waals surface area contributed by atoms with Crippen molar-refractivity contribution in [2.24, 2.45) is 0 Å². The summed E-state index contributed by atoms with van der Waals surface area (Å²) >= 11 is 17.0. The first-order valence-corrected chi connectivity index (χ1v) is 33.6. The van der Waals surface area contributed by atoms with Crippen LogP contribution in [0.4, 0.5) is 23.3 Å².